The number of carbonyl (C=O) groups is 1. The van der Waals surface area contributed by atoms with Gasteiger partial charge in [0.1, 0.15) is 11.6 Å². The van der Waals surface area contributed by atoms with Crippen LogP contribution in [0.5, 0.6) is 5.75 Å². The Labute approximate surface area is 116 Å². The van der Waals surface area contributed by atoms with E-state index in [2.05, 4.69) is 0 Å². The number of rotatable bonds is 2. The van der Waals surface area contributed by atoms with Crippen molar-refractivity contribution in [3.8, 4) is 5.75 Å². The molecule has 0 unspecified atom stereocenters. The number of nitrogens with zero attached hydrogens (tertiary/aromatic N) is 1. The van der Waals surface area contributed by atoms with Gasteiger partial charge in [0, 0.05) is 0 Å². The van der Waals surface area contributed by atoms with Crippen LogP contribution in [-0.4, -0.2) is 12.5 Å². The normalized spacial score (nSPS) is 13.9. The Morgan fingerprint density at radius 2 is 1.95 bits per heavy atom. The van der Waals surface area contributed by atoms with Gasteiger partial charge in [-0.25, -0.2) is 4.39 Å². The van der Waals surface area contributed by atoms with E-state index in [0.29, 0.717) is 12.3 Å². The minimum absolute atomic E-state index is 0.0389. The largest absolute Gasteiger partial charge is 0.482 e. The molecule has 1 aliphatic rings. The Balaban J connectivity index is 1.94. The summed E-state index contributed by atoms with van der Waals surface area (Å²) in [6.07, 6.45) is 0. The monoisotopic (exact) mass is 271 g/mol. The van der Waals surface area contributed by atoms with Gasteiger partial charge in [-0.05, 0) is 42.3 Å². The van der Waals surface area contributed by atoms with Crippen molar-refractivity contribution in [2.24, 2.45) is 0 Å². The molecule has 0 fully saturated rings. The Morgan fingerprint density at radius 3 is 2.70 bits per heavy atom. The zero-order valence-corrected chi connectivity index (χ0v) is 11.1. The van der Waals surface area contributed by atoms with Crippen LogP contribution in [0.1, 0.15) is 11.1 Å². The van der Waals surface area contributed by atoms with Gasteiger partial charge in [-0.1, -0.05) is 18.2 Å². The third-order valence-corrected chi connectivity index (χ3v) is 3.31. The summed E-state index contributed by atoms with van der Waals surface area (Å²) in [5.41, 5.74) is 2.71. The fraction of sp³-hybridized carbons (Fsp3) is 0.188. The number of halogens is 1. The zero-order chi connectivity index (χ0) is 14.1. The minimum atomic E-state index is -0.279. The van der Waals surface area contributed by atoms with Crippen LogP contribution in [0.2, 0.25) is 0 Å². The predicted octanol–water partition coefficient (Wildman–Crippen LogP) is 3.06. The quantitative estimate of drug-likeness (QED) is 0.840. The molecule has 0 N–H and O–H groups in total. The maximum absolute atomic E-state index is 12.9. The van der Waals surface area contributed by atoms with Crippen molar-refractivity contribution >= 4 is 11.6 Å². The van der Waals surface area contributed by atoms with Crippen molar-refractivity contribution < 1.29 is 13.9 Å². The van der Waals surface area contributed by atoms with E-state index >= 15 is 0 Å². The lowest BCUT2D eigenvalue weighted by Crippen LogP contribution is -2.38. The van der Waals surface area contributed by atoms with Crippen LogP contribution in [0.3, 0.4) is 0 Å². The van der Waals surface area contributed by atoms with Crippen LogP contribution in [0.25, 0.3) is 0 Å². The topological polar surface area (TPSA) is 29.5 Å². The highest BCUT2D eigenvalue weighted by Crippen LogP contribution is 2.33. The Hall–Kier alpha value is -2.36. The van der Waals surface area contributed by atoms with Gasteiger partial charge >= 0.3 is 0 Å². The van der Waals surface area contributed by atoms with E-state index in [9.17, 15) is 9.18 Å². The van der Waals surface area contributed by atoms with E-state index < -0.39 is 0 Å². The molecule has 2 aromatic rings. The summed E-state index contributed by atoms with van der Waals surface area (Å²) in [4.78, 5) is 13.7. The number of fused-ring (bicyclic) bond motifs is 1. The lowest BCUT2D eigenvalue weighted by atomic mass is 10.1. The number of amides is 1. The molecule has 0 bridgehead atoms. The van der Waals surface area contributed by atoms with E-state index in [-0.39, 0.29) is 18.3 Å². The fourth-order valence-electron chi connectivity index (χ4n) is 2.26. The predicted molar refractivity (Wildman–Crippen MR) is 74.3 cm³/mol. The maximum atomic E-state index is 12.9. The average molecular weight is 271 g/mol. The van der Waals surface area contributed by atoms with E-state index in [0.717, 1.165) is 16.8 Å². The van der Waals surface area contributed by atoms with Crippen molar-refractivity contribution in [3.63, 3.8) is 0 Å². The molecule has 20 heavy (non-hydrogen) atoms. The molecule has 0 spiro atoms. The second kappa shape index (κ2) is 4.96. The Kier molecular flexibility index (Phi) is 3.14. The Bertz CT molecular complexity index is 652. The third-order valence-electron chi connectivity index (χ3n) is 3.31. The standard InChI is InChI=1S/C16H14FNO2/c1-11-2-7-15-14(8-11)18(16(19)10-20-15)9-12-3-5-13(17)6-4-12/h2-8H,9-10H2,1H3. The summed E-state index contributed by atoms with van der Waals surface area (Å²) in [5, 5.41) is 0. The van der Waals surface area contributed by atoms with Crippen LogP contribution in [0.4, 0.5) is 10.1 Å². The molecule has 0 radical (unpaired) electrons. The first-order chi connectivity index (χ1) is 9.63. The average Bonchev–Trinajstić information content (AvgIpc) is 2.44. The molecule has 4 heteroatoms. The number of ether oxygens (including phenoxy) is 1. The van der Waals surface area contributed by atoms with Crippen molar-refractivity contribution in [3.05, 3.63) is 59.4 Å². The maximum Gasteiger partial charge on any atom is 0.265 e. The molecule has 3 nitrogen and oxygen atoms in total. The van der Waals surface area contributed by atoms with Gasteiger partial charge in [-0.2, -0.15) is 0 Å². The Morgan fingerprint density at radius 1 is 1.20 bits per heavy atom. The van der Waals surface area contributed by atoms with Crippen molar-refractivity contribution in [1.82, 2.24) is 0 Å². The third kappa shape index (κ3) is 2.37. The smallest absolute Gasteiger partial charge is 0.265 e. The first-order valence-corrected chi connectivity index (χ1v) is 6.42. The summed E-state index contributed by atoms with van der Waals surface area (Å²) >= 11 is 0. The van der Waals surface area contributed by atoms with E-state index in [1.54, 1.807) is 17.0 Å². The molecule has 1 amide bonds. The molecular formula is C16H14FNO2. The zero-order valence-electron chi connectivity index (χ0n) is 11.1. The van der Waals surface area contributed by atoms with Crippen LogP contribution >= 0.6 is 0 Å². The van der Waals surface area contributed by atoms with Gasteiger partial charge in [0.2, 0.25) is 0 Å². The highest BCUT2D eigenvalue weighted by Gasteiger charge is 2.25. The van der Waals surface area contributed by atoms with Crippen LogP contribution in [0.15, 0.2) is 42.5 Å². The van der Waals surface area contributed by atoms with Crippen molar-refractivity contribution in [2.75, 3.05) is 11.5 Å². The molecule has 102 valence electrons. The van der Waals surface area contributed by atoms with Gasteiger partial charge in [-0.15, -0.1) is 0 Å². The number of aryl methyl sites for hydroxylation is 1. The molecule has 0 aromatic heterocycles. The lowest BCUT2D eigenvalue weighted by Gasteiger charge is -2.29. The second-order valence-electron chi connectivity index (χ2n) is 4.87. The van der Waals surface area contributed by atoms with E-state index in [1.807, 2.05) is 25.1 Å². The van der Waals surface area contributed by atoms with Gasteiger partial charge in [0.05, 0.1) is 12.2 Å². The molecule has 1 heterocycles. The van der Waals surface area contributed by atoms with Gasteiger partial charge < -0.3 is 9.64 Å². The summed E-state index contributed by atoms with van der Waals surface area (Å²) in [5.74, 6) is 0.336. The van der Waals surface area contributed by atoms with Gasteiger partial charge in [0.15, 0.2) is 6.61 Å². The molecule has 0 saturated heterocycles. The first-order valence-electron chi connectivity index (χ1n) is 6.42. The van der Waals surface area contributed by atoms with E-state index in [1.165, 1.54) is 12.1 Å². The molecule has 3 rings (SSSR count). The number of hydrogen-bond donors (Lipinski definition) is 0. The first kappa shape index (κ1) is 12.7. The molecule has 0 aliphatic carbocycles. The molecule has 1 aliphatic heterocycles. The summed E-state index contributed by atoms with van der Waals surface area (Å²) in [7, 11) is 0. The van der Waals surface area contributed by atoms with Crippen LogP contribution < -0.4 is 9.64 Å². The summed E-state index contributed by atoms with van der Waals surface area (Å²) in [6, 6.07) is 11.9. The molecular weight excluding hydrogens is 257 g/mol. The summed E-state index contributed by atoms with van der Waals surface area (Å²) in [6.45, 7) is 2.42. The van der Waals surface area contributed by atoms with Crippen LogP contribution in [0, 0.1) is 12.7 Å². The molecule has 0 atom stereocenters. The molecule has 2 aromatic carbocycles. The number of hydrogen-bond acceptors (Lipinski definition) is 2. The number of carbonyl (C=O) groups excluding carboxylic acids is 1. The van der Waals surface area contributed by atoms with Crippen molar-refractivity contribution in [2.45, 2.75) is 13.5 Å². The second-order valence-corrected chi connectivity index (χ2v) is 4.87. The highest BCUT2D eigenvalue weighted by molar-refractivity contribution is 5.97. The summed E-state index contributed by atoms with van der Waals surface area (Å²) < 4.78 is 18.4. The van der Waals surface area contributed by atoms with E-state index in [4.69, 9.17) is 4.74 Å². The minimum Gasteiger partial charge on any atom is -0.482 e. The number of anilines is 1. The van der Waals surface area contributed by atoms with Crippen LogP contribution in [-0.2, 0) is 11.3 Å². The van der Waals surface area contributed by atoms with Gasteiger partial charge in [-0.3, -0.25) is 4.79 Å². The highest BCUT2D eigenvalue weighted by atomic mass is 19.1. The SMILES string of the molecule is Cc1ccc2c(c1)N(Cc1ccc(F)cc1)C(=O)CO2. The van der Waals surface area contributed by atoms with Gasteiger partial charge in [0.25, 0.3) is 5.91 Å². The fourth-order valence-corrected chi connectivity index (χ4v) is 2.26. The molecule has 0 saturated carbocycles. The number of benzene rings is 2. The van der Waals surface area contributed by atoms with Crippen molar-refractivity contribution in [1.29, 1.82) is 0 Å². The lowest BCUT2D eigenvalue weighted by molar-refractivity contribution is -0.121.